The van der Waals surface area contributed by atoms with Crippen molar-refractivity contribution in [1.82, 2.24) is 0 Å². The number of carbonyl (C=O) groups excluding carboxylic acids is 1. The molecule has 0 saturated carbocycles. The number of rotatable bonds is 12. The van der Waals surface area contributed by atoms with Gasteiger partial charge in [0.1, 0.15) is 42.7 Å². The first-order valence-corrected chi connectivity index (χ1v) is 18.0. The number of benzene rings is 3. The molecule has 14 heteroatoms. The second-order valence-electron chi connectivity index (χ2n) is 12.5. The number of carbonyl (C=O) groups is 1. The van der Waals surface area contributed by atoms with Gasteiger partial charge in [0, 0.05) is 18.2 Å². The maximum atomic E-state index is 11.6. The number of ether oxygens (including phenoxy) is 6. The Kier molecular flexibility index (Phi) is 12.8. The predicted molar refractivity (Wildman–Crippen MR) is 184 cm³/mol. The van der Waals surface area contributed by atoms with Crippen LogP contribution in [0, 0.1) is 0 Å². The second kappa shape index (κ2) is 17.3. The van der Waals surface area contributed by atoms with Crippen LogP contribution in [0.15, 0.2) is 78.9 Å². The Morgan fingerprint density at radius 1 is 0.880 bits per heavy atom. The number of thioether (sulfide) groups is 1. The Balaban J connectivity index is 1.13. The molecule has 3 aromatic rings. The summed E-state index contributed by atoms with van der Waals surface area (Å²) in [6, 6.07) is 24.2. The van der Waals surface area contributed by atoms with Gasteiger partial charge >= 0.3 is 0 Å². The summed E-state index contributed by atoms with van der Waals surface area (Å²) in [4.78, 5) is 11.6. The largest absolute Gasteiger partial charge is 0.387 e. The summed E-state index contributed by atoms with van der Waals surface area (Å²) in [5, 5.41) is 47.8. The number of fused-ring (bicyclic) bond motifs is 1. The van der Waals surface area contributed by atoms with Crippen molar-refractivity contribution in [2.75, 3.05) is 17.7 Å². The SMILES string of the molecule is CC(=O)Nc1cc(CO[C@@H]2O[C@H](CCSCc3ccccc3)[C@@H](O[C@H]3O[C@@H]4COC(c5ccccc5)O[C@H]4[C@H](O)[C@H]3O)[C@H](O)[C@H]2O)ccc1Cl. The van der Waals surface area contributed by atoms with E-state index in [9.17, 15) is 25.2 Å². The molecular weight excluding hydrogens is 690 g/mol. The molecule has 0 radical (unpaired) electrons. The Hall–Kier alpha value is -2.63. The third-order valence-electron chi connectivity index (χ3n) is 8.75. The number of nitrogens with one attached hydrogen (secondary N) is 1. The van der Waals surface area contributed by atoms with Crippen LogP contribution in [0.4, 0.5) is 5.69 Å². The van der Waals surface area contributed by atoms with Crippen molar-refractivity contribution < 1.29 is 53.6 Å². The zero-order chi connectivity index (χ0) is 35.2. The third kappa shape index (κ3) is 9.05. The normalized spacial score (nSPS) is 32.6. The van der Waals surface area contributed by atoms with Gasteiger partial charge in [-0.2, -0.15) is 11.8 Å². The highest BCUT2D eigenvalue weighted by Crippen LogP contribution is 2.37. The molecule has 5 N–H and O–H groups in total. The number of hydrogen-bond acceptors (Lipinski definition) is 12. The van der Waals surface area contributed by atoms with E-state index in [-0.39, 0.29) is 19.1 Å². The lowest BCUT2D eigenvalue weighted by atomic mass is 9.95. The van der Waals surface area contributed by atoms with Gasteiger partial charge in [-0.05, 0) is 35.4 Å². The summed E-state index contributed by atoms with van der Waals surface area (Å²) in [7, 11) is 0. The van der Waals surface area contributed by atoms with E-state index in [0.717, 1.165) is 16.9 Å². The van der Waals surface area contributed by atoms with Crippen LogP contribution < -0.4 is 5.32 Å². The minimum atomic E-state index is -1.54. The van der Waals surface area contributed by atoms with Crippen LogP contribution in [-0.2, 0) is 45.6 Å². The molecule has 0 spiro atoms. The quantitative estimate of drug-likeness (QED) is 0.173. The van der Waals surface area contributed by atoms with Crippen molar-refractivity contribution in [3.8, 4) is 0 Å². The molecule has 11 atom stereocenters. The molecule has 1 amide bonds. The lowest BCUT2D eigenvalue weighted by Crippen LogP contribution is -2.65. The molecule has 3 saturated heterocycles. The van der Waals surface area contributed by atoms with E-state index in [1.165, 1.54) is 6.92 Å². The summed E-state index contributed by atoms with van der Waals surface area (Å²) in [5.41, 5.74) is 2.97. The van der Waals surface area contributed by atoms with Crippen LogP contribution in [0.5, 0.6) is 0 Å². The lowest BCUT2D eigenvalue weighted by Gasteiger charge is -2.49. The zero-order valence-electron chi connectivity index (χ0n) is 27.3. The van der Waals surface area contributed by atoms with Crippen LogP contribution in [0.3, 0.4) is 0 Å². The van der Waals surface area contributed by atoms with Crippen LogP contribution in [0.1, 0.15) is 36.3 Å². The van der Waals surface area contributed by atoms with E-state index >= 15 is 0 Å². The summed E-state index contributed by atoms with van der Waals surface area (Å²) in [6.07, 6.45) is -12.6. The van der Waals surface area contributed by atoms with Crippen molar-refractivity contribution in [3.63, 3.8) is 0 Å². The first-order valence-electron chi connectivity index (χ1n) is 16.5. The number of aliphatic hydroxyl groups is 4. The Morgan fingerprint density at radius 2 is 1.60 bits per heavy atom. The van der Waals surface area contributed by atoms with Gasteiger partial charge in [-0.1, -0.05) is 78.3 Å². The molecule has 3 aromatic carbocycles. The predicted octanol–water partition coefficient (Wildman–Crippen LogP) is 3.53. The minimum Gasteiger partial charge on any atom is -0.387 e. The molecule has 3 fully saturated rings. The maximum Gasteiger partial charge on any atom is 0.221 e. The van der Waals surface area contributed by atoms with Gasteiger partial charge in [0.05, 0.1) is 30.0 Å². The molecule has 6 rings (SSSR count). The molecule has 270 valence electrons. The van der Waals surface area contributed by atoms with E-state index in [1.807, 2.05) is 60.7 Å². The van der Waals surface area contributed by atoms with E-state index in [1.54, 1.807) is 30.0 Å². The first-order chi connectivity index (χ1) is 24.2. The first kappa shape index (κ1) is 37.1. The maximum absolute atomic E-state index is 11.6. The summed E-state index contributed by atoms with van der Waals surface area (Å²) in [6.45, 7) is 1.41. The topological polar surface area (TPSA) is 165 Å². The minimum absolute atomic E-state index is 0.0249. The molecule has 0 aromatic heterocycles. The third-order valence-corrected chi connectivity index (χ3v) is 10.1. The van der Waals surface area contributed by atoms with Gasteiger partial charge in [-0.25, -0.2) is 0 Å². The highest BCUT2D eigenvalue weighted by Gasteiger charge is 2.53. The molecule has 12 nitrogen and oxygen atoms in total. The van der Waals surface area contributed by atoms with Crippen LogP contribution >= 0.6 is 23.4 Å². The lowest BCUT2D eigenvalue weighted by molar-refractivity contribution is -0.385. The van der Waals surface area contributed by atoms with Crippen molar-refractivity contribution >= 4 is 35.0 Å². The fourth-order valence-corrected chi connectivity index (χ4v) is 7.29. The molecule has 0 aliphatic carbocycles. The molecule has 50 heavy (non-hydrogen) atoms. The Morgan fingerprint density at radius 3 is 2.34 bits per heavy atom. The number of anilines is 1. The monoisotopic (exact) mass is 731 g/mol. The van der Waals surface area contributed by atoms with E-state index in [2.05, 4.69) is 5.32 Å². The molecule has 0 bridgehead atoms. The number of amides is 1. The van der Waals surface area contributed by atoms with Gasteiger partial charge in [0.15, 0.2) is 18.9 Å². The van der Waals surface area contributed by atoms with Crippen molar-refractivity contribution in [1.29, 1.82) is 0 Å². The molecule has 3 aliphatic rings. The van der Waals surface area contributed by atoms with E-state index in [4.69, 9.17) is 40.0 Å². The zero-order valence-corrected chi connectivity index (χ0v) is 28.9. The average Bonchev–Trinajstić information content (AvgIpc) is 3.12. The Bertz CT molecular complexity index is 1540. The van der Waals surface area contributed by atoms with Crippen LogP contribution in [0.25, 0.3) is 0 Å². The Labute approximate surface area is 299 Å². The summed E-state index contributed by atoms with van der Waals surface area (Å²) in [5.74, 6) is 1.07. The fourth-order valence-electron chi connectivity index (χ4n) is 6.16. The smallest absolute Gasteiger partial charge is 0.221 e. The summed E-state index contributed by atoms with van der Waals surface area (Å²) >= 11 is 7.87. The van der Waals surface area contributed by atoms with E-state index in [0.29, 0.717) is 28.4 Å². The van der Waals surface area contributed by atoms with Crippen LogP contribution in [0.2, 0.25) is 5.02 Å². The van der Waals surface area contributed by atoms with Crippen molar-refractivity contribution in [2.24, 2.45) is 0 Å². The fraction of sp³-hybridized carbons (Fsp3) is 0.472. The number of hydrogen-bond donors (Lipinski definition) is 5. The molecule has 3 aliphatic heterocycles. The second-order valence-corrected chi connectivity index (χ2v) is 14.0. The van der Waals surface area contributed by atoms with Crippen molar-refractivity contribution in [2.45, 2.75) is 93.4 Å². The molecular formula is C36H42ClNO11S. The standard InChI is InChI=1S/C36H42ClNO11S/c1-20(39)38-25-16-22(12-13-24(25)37)17-44-35-30(42)28(40)32(26(46-35)14-15-50-19-21-8-4-2-5-9-21)49-36-31(43)29(41)33-27(47-36)18-45-34(48-33)23-10-6-3-7-11-23/h2-13,16,26-36,40-43H,14-15,17-19H2,1H3,(H,38,39)/t26-,27-,28-,29-,30-,31-,32-,33-,34?,35-,36-/m1/s1. The van der Waals surface area contributed by atoms with Gasteiger partial charge in [-0.15, -0.1) is 0 Å². The average molecular weight is 732 g/mol. The summed E-state index contributed by atoms with van der Waals surface area (Å²) < 4.78 is 36.3. The molecule has 3 heterocycles. The number of halogens is 1. The van der Waals surface area contributed by atoms with Gasteiger partial charge in [-0.3, -0.25) is 4.79 Å². The van der Waals surface area contributed by atoms with Gasteiger partial charge < -0.3 is 54.2 Å². The molecule has 1 unspecified atom stereocenters. The number of aliphatic hydroxyl groups excluding tert-OH is 4. The van der Waals surface area contributed by atoms with Crippen LogP contribution in [-0.4, -0.2) is 100 Å². The van der Waals surface area contributed by atoms with Gasteiger partial charge in [0.2, 0.25) is 5.91 Å². The van der Waals surface area contributed by atoms with Crippen molar-refractivity contribution in [3.05, 3.63) is 101 Å². The van der Waals surface area contributed by atoms with Gasteiger partial charge in [0.25, 0.3) is 0 Å². The van der Waals surface area contributed by atoms with E-state index < -0.39 is 67.7 Å². The highest BCUT2D eigenvalue weighted by molar-refractivity contribution is 7.98. The highest BCUT2D eigenvalue weighted by atomic mass is 35.5.